The lowest BCUT2D eigenvalue weighted by Gasteiger charge is -2.15. The molecular weight excluding hydrogens is 452 g/mol. The van der Waals surface area contributed by atoms with Gasteiger partial charge in [-0.25, -0.2) is 4.68 Å². The number of anilines is 1. The van der Waals surface area contributed by atoms with Crippen LogP contribution in [0.15, 0.2) is 85.1 Å². The van der Waals surface area contributed by atoms with Gasteiger partial charge >= 0.3 is 0 Å². The van der Waals surface area contributed by atoms with Crippen LogP contribution in [0.2, 0.25) is 0 Å². The van der Waals surface area contributed by atoms with Crippen LogP contribution in [0.3, 0.4) is 0 Å². The van der Waals surface area contributed by atoms with E-state index in [0.29, 0.717) is 17.0 Å². The van der Waals surface area contributed by atoms with E-state index in [9.17, 15) is 9.59 Å². The number of carbonyl (C=O) groups is 2. The molecule has 0 spiro atoms. The summed E-state index contributed by atoms with van der Waals surface area (Å²) in [4.78, 5) is 25.5. The molecule has 1 aromatic heterocycles. The fourth-order valence-corrected chi connectivity index (χ4v) is 4.09. The van der Waals surface area contributed by atoms with Crippen LogP contribution in [-0.4, -0.2) is 28.7 Å². The van der Waals surface area contributed by atoms with Crippen LogP contribution >= 0.6 is 0 Å². The number of amides is 2. The molecule has 1 unspecified atom stereocenters. The van der Waals surface area contributed by atoms with Gasteiger partial charge in [-0.1, -0.05) is 42.5 Å². The summed E-state index contributed by atoms with van der Waals surface area (Å²) >= 11 is 0. The fourth-order valence-electron chi connectivity index (χ4n) is 4.09. The van der Waals surface area contributed by atoms with E-state index in [4.69, 9.17) is 9.84 Å². The number of para-hydroxylation sites is 2. The maximum Gasteiger partial charge on any atom is 0.255 e. The first-order valence-corrected chi connectivity index (χ1v) is 12.0. The van der Waals surface area contributed by atoms with Crippen LogP contribution in [0.5, 0.6) is 5.75 Å². The number of carbonyl (C=O) groups excluding carboxylic acids is 2. The van der Waals surface area contributed by atoms with Crippen molar-refractivity contribution in [2.75, 3.05) is 12.4 Å². The molecular formula is C29H28N4O3. The lowest BCUT2D eigenvalue weighted by molar-refractivity contribution is -0.117. The zero-order chi connectivity index (χ0) is 25.1. The van der Waals surface area contributed by atoms with Crippen LogP contribution < -0.4 is 15.4 Å². The number of nitrogens with zero attached hydrogens (tertiary/aromatic N) is 2. The lowest BCUT2D eigenvalue weighted by atomic mass is 10.0. The molecule has 2 amide bonds. The Balaban J connectivity index is 1.40. The standard InChI is InChI=1S/C29H28N4O3/c1-19(20-14-16-22(17-15-20)31-28(34)21-12-13-21)30-29(35)25-18-33(23-8-4-3-5-9-23)32-27(25)24-10-6-7-11-26(24)36-2/h3-11,14-19,21H,12-13H2,1-2H3,(H,30,35)(H,31,34). The number of benzene rings is 3. The van der Waals surface area contributed by atoms with Crippen LogP contribution in [0, 0.1) is 5.92 Å². The third-order valence-corrected chi connectivity index (χ3v) is 6.32. The lowest BCUT2D eigenvalue weighted by Crippen LogP contribution is -2.26. The molecule has 1 aliphatic rings. The molecule has 1 atom stereocenters. The van der Waals surface area contributed by atoms with Crippen molar-refractivity contribution in [2.24, 2.45) is 5.92 Å². The second kappa shape index (κ2) is 10.1. The van der Waals surface area contributed by atoms with Crippen molar-refractivity contribution in [3.05, 3.63) is 96.2 Å². The van der Waals surface area contributed by atoms with Crippen LogP contribution in [0.1, 0.15) is 41.7 Å². The second-order valence-corrected chi connectivity index (χ2v) is 8.95. The van der Waals surface area contributed by atoms with E-state index in [2.05, 4.69) is 10.6 Å². The van der Waals surface area contributed by atoms with Gasteiger partial charge in [0.05, 0.1) is 24.4 Å². The zero-order valence-corrected chi connectivity index (χ0v) is 20.3. The van der Waals surface area contributed by atoms with E-state index in [-0.39, 0.29) is 23.8 Å². The number of rotatable bonds is 8. The van der Waals surface area contributed by atoms with Gasteiger partial charge in [-0.3, -0.25) is 9.59 Å². The maximum atomic E-state index is 13.5. The second-order valence-electron chi connectivity index (χ2n) is 8.95. The van der Waals surface area contributed by atoms with E-state index in [0.717, 1.165) is 35.3 Å². The molecule has 0 aliphatic heterocycles. The Morgan fingerprint density at radius 2 is 1.67 bits per heavy atom. The quantitative estimate of drug-likeness (QED) is 0.354. The molecule has 0 radical (unpaired) electrons. The molecule has 3 aromatic carbocycles. The molecule has 1 saturated carbocycles. The number of aromatic nitrogens is 2. The Morgan fingerprint density at radius 3 is 2.36 bits per heavy atom. The molecule has 36 heavy (non-hydrogen) atoms. The van der Waals surface area contributed by atoms with Gasteiger partial charge in [0, 0.05) is 23.4 Å². The minimum atomic E-state index is -0.253. The number of ether oxygens (including phenoxy) is 1. The molecule has 7 heteroatoms. The summed E-state index contributed by atoms with van der Waals surface area (Å²) in [5, 5.41) is 10.8. The first kappa shape index (κ1) is 23.4. The van der Waals surface area contributed by atoms with Crippen molar-refractivity contribution in [3.8, 4) is 22.7 Å². The Labute approximate surface area is 210 Å². The Morgan fingerprint density at radius 1 is 0.972 bits per heavy atom. The number of methoxy groups -OCH3 is 1. The first-order valence-electron chi connectivity index (χ1n) is 12.0. The summed E-state index contributed by atoms with van der Waals surface area (Å²) in [5.74, 6) is 0.624. The highest BCUT2D eigenvalue weighted by atomic mass is 16.5. The molecule has 0 saturated heterocycles. The van der Waals surface area contributed by atoms with Crippen molar-refractivity contribution in [3.63, 3.8) is 0 Å². The monoisotopic (exact) mass is 480 g/mol. The van der Waals surface area contributed by atoms with Crippen LogP contribution in [0.4, 0.5) is 5.69 Å². The largest absolute Gasteiger partial charge is 0.496 e. The van der Waals surface area contributed by atoms with Gasteiger partial charge < -0.3 is 15.4 Å². The van der Waals surface area contributed by atoms with Crippen molar-refractivity contribution in [2.45, 2.75) is 25.8 Å². The number of nitrogens with one attached hydrogen (secondary N) is 2. The predicted octanol–water partition coefficient (Wildman–Crippen LogP) is 5.39. The van der Waals surface area contributed by atoms with Gasteiger partial charge in [-0.05, 0) is 61.7 Å². The molecule has 5 rings (SSSR count). The third kappa shape index (κ3) is 5.00. The van der Waals surface area contributed by atoms with Gasteiger partial charge in [0.15, 0.2) is 0 Å². The minimum Gasteiger partial charge on any atom is -0.496 e. The SMILES string of the molecule is COc1ccccc1-c1nn(-c2ccccc2)cc1C(=O)NC(C)c1ccc(NC(=O)C2CC2)cc1. The molecule has 1 fully saturated rings. The number of hydrogen-bond donors (Lipinski definition) is 2. The molecule has 1 aliphatic carbocycles. The topological polar surface area (TPSA) is 85.2 Å². The summed E-state index contributed by atoms with van der Waals surface area (Å²) in [5.41, 5.74) is 4.27. The predicted molar refractivity (Wildman–Crippen MR) is 139 cm³/mol. The Hall–Kier alpha value is -4.39. The van der Waals surface area contributed by atoms with Gasteiger partial charge in [-0.15, -0.1) is 0 Å². The maximum absolute atomic E-state index is 13.5. The van der Waals surface area contributed by atoms with Gasteiger partial charge in [-0.2, -0.15) is 5.10 Å². The molecule has 1 heterocycles. The van der Waals surface area contributed by atoms with E-state index in [1.807, 2.05) is 85.8 Å². The van der Waals surface area contributed by atoms with Crippen LogP contribution in [-0.2, 0) is 4.79 Å². The zero-order valence-electron chi connectivity index (χ0n) is 20.3. The minimum absolute atomic E-state index is 0.0726. The molecule has 7 nitrogen and oxygen atoms in total. The average Bonchev–Trinajstić information content (AvgIpc) is 3.68. The first-order chi connectivity index (χ1) is 17.5. The summed E-state index contributed by atoms with van der Waals surface area (Å²) in [6.07, 6.45) is 3.67. The smallest absolute Gasteiger partial charge is 0.255 e. The number of hydrogen-bond acceptors (Lipinski definition) is 4. The highest BCUT2D eigenvalue weighted by Crippen LogP contribution is 2.32. The van der Waals surface area contributed by atoms with E-state index in [1.165, 1.54) is 0 Å². The fraction of sp³-hybridized carbons (Fsp3) is 0.207. The molecule has 2 N–H and O–H groups in total. The van der Waals surface area contributed by atoms with E-state index < -0.39 is 0 Å². The van der Waals surface area contributed by atoms with Crippen molar-refractivity contribution in [1.82, 2.24) is 15.1 Å². The summed E-state index contributed by atoms with van der Waals surface area (Å²) in [6, 6.07) is 24.5. The summed E-state index contributed by atoms with van der Waals surface area (Å²) in [6.45, 7) is 1.93. The van der Waals surface area contributed by atoms with Crippen molar-refractivity contribution < 1.29 is 14.3 Å². The van der Waals surface area contributed by atoms with E-state index in [1.54, 1.807) is 18.0 Å². The average molecular weight is 481 g/mol. The van der Waals surface area contributed by atoms with E-state index >= 15 is 0 Å². The summed E-state index contributed by atoms with van der Waals surface area (Å²) < 4.78 is 7.25. The molecule has 0 bridgehead atoms. The summed E-state index contributed by atoms with van der Waals surface area (Å²) in [7, 11) is 1.60. The third-order valence-electron chi connectivity index (χ3n) is 6.32. The van der Waals surface area contributed by atoms with Gasteiger partial charge in [0.25, 0.3) is 5.91 Å². The van der Waals surface area contributed by atoms with Gasteiger partial charge in [0.1, 0.15) is 11.4 Å². The molecule has 182 valence electrons. The highest BCUT2D eigenvalue weighted by molar-refractivity contribution is 6.00. The normalized spacial score (nSPS) is 13.6. The van der Waals surface area contributed by atoms with Crippen LogP contribution in [0.25, 0.3) is 16.9 Å². The highest BCUT2D eigenvalue weighted by Gasteiger charge is 2.29. The Bertz CT molecular complexity index is 1380. The Kier molecular flexibility index (Phi) is 6.54. The van der Waals surface area contributed by atoms with Crippen molar-refractivity contribution in [1.29, 1.82) is 0 Å². The van der Waals surface area contributed by atoms with Crippen molar-refractivity contribution >= 4 is 17.5 Å². The van der Waals surface area contributed by atoms with Gasteiger partial charge in [0.2, 0.25) is 5.91 Å². The molecule has 4 aromatic rings.